The van der Waals surface area contributed by atoms with Crippen LogP contribution in [0.1, 0.15) is 45.5 Å². The standard InChI is InChI=1S/C31H29NO4S/c1-22(24-15-17-27(18-16-24)37(36)20-19-23-9-3-2-4-10-23)30(33)32-29-14-8-6-12-26(29)21-25-11-5-7-13-28(25)31(34)35/h2-18,22H,19-21H2,1H3,(H,32,33)(H,34,35). The van der Waals surface area contributed by atoms with Crippen LogP contribution in [-0.2, 0) is 28.8 Å². The van der Waals surface area contributed by atoms with E-state index in [2.05, 4.69) is 5.32 Å². The summed E-state index contributed by atoms with van der Waals surface area (Å²) < 4.78 is 12.7. The largest absolute Gasteiger partial charge is 0.611 e. The van der Waals surface area contributed by atoms with E-state index in [0.717, 1.165) is 28.0 Å². The van der Waals surface area contributed by atoms with Crippen molar-refractivity contribution in [1.82, 2.24) is 0 Å². The summed E-state index contributed by atoms with van der Waals surface area (Å²) in [6.45, 7) is 1.83. The Balaban J connectivity index is 1.41. The van der Waals surface area contributed by atoms with Crippen LogP contribution in [0.3, 0.4) is 0 Å². The van der Waals surface area contributed by atoms with E-state index < -0.39 is 23.1 Å². The van der Waals surface area contributed by atoms with Crippen molar-refractivity contribution in [3.8, 4) is 0 Å². The average molecular weight is 512 g/mol. The van der Waals surface area contributed by atoms with Crippen molar-refractivity contribution in [2.24, 2.45) is 0 Å². The van der Waals surface area contributed by atoms with Crippen LogP contribution in [0.5, 0.6) is 0 Å². The monoisotopic (exact) mass is 511 g/mol. The number of benzene rings is 4. The fourth-order valence-electron chi connectivity index (χ4n) is 4.16. The predicted molar refractivity (Wildman–Crippen MR) is 148 cm³/mol. The lowest BCUT2D eigenvalue weighted by molar-refractivity contribution is -0.117. The summed E-state index contributed by atoms with van der Waals surface area (Å²) in [5.74, 6) is -1.03. The molecule has 0 saturated carbocycles. The second-order valence-corrected chi connectivity index (χ2v) is 10.4. The summed E-state index contributed by atoms with van der Waals surface area (Å²) in [7, 11) is 0. The molecule has 0 aliphatic heterocycles. The van der Waals surface area contributed by atoms with Crippen LogP contribution < -0.4 is 5.32 Å². The molecule has 0 saturated heterocycles. The lowest BCUT2D eigenvalue weighted by atomic mass is 9.97. The molecule has 0 heterocycles. The normalized spacial score (nSPS) is 12.5. The van der Waals surface area contributed by atoms with Crippen molar-refractivity contribution in [3.05, 3.63) is 131 Å². The number of aromatic carboxylic acids is 1. The number of carbonyl (C=O) groups is 2. The molecule has 2 atom stereocenters. The molecule has 2 unspecified atom stereocenters. The number of carboxylic acid groups (broad SMARTS) is 1. The van der Waals surface area contributed by atoms with Crippen LogP contribution in [0, 0.1) is 0 Å². The smallest absolute Gasteiger partial charge is 0.335 e. The summed E-state index contributed by atoms with van der Waals surface area (Å²) in [5, 5.41) is 12.5. The van der Waals surface area contributed by atoms with Crippen LogP contribution in [-0.4, -0.2) is 27.3 Å². The number of hydrogen-bond donors (Lipinski definition) is 2. The van der Waals surface area contributed by atoms with Gasteiger partial charge in [0.05, 0.1) is 11.5 Å². The maximum absolute atomic E-state index is 13.1. The van der Waals surface area contributed by atoms with Gasteiger partial charge in [0.1, 0.15) is 5.75 Å². The molecule has 0 aliphatic carbocycles. The quantitative estimate of drug-likeness (QED) is 0.253. The van der Waals surface area contributed by atoms with E-state index in [0.29, 0.717) is 23.4 Å². The van der Waals surface area contributed by atoms with Gasteiger partial charge in [0, 0.05) is 18.5 Å². The Bertz CT molecular complexity index is 1360. The molecule has 4 aromatic rings. The molecule has 5 nitrogen and oxygen atoms in total. The summed E-state index contributed by atoms with van der Waals surface area (Å²) in [4.78, 5) is 25.5. The number of para-hydroxylation sites is 1. The molecule has 0 fully saturated rings. The van der Waals surface area contributed by atoms with Gasteiger partial charge in [-0.1, -0.05) is 78.9 Å². The van der Waals surface area contributed by atoms with Crippen molar-refractivity contribution in [2.75, 3.05) is 11.1 Å². The van der Waals surface area contributed by atoms with Crippen LogP contribution in [0.25, 0.3) is 0 Å². The van der Waals surface area contributed by atoms with Crippen molar-refractivity contribution in [2.45, 2.75) is 30.6 Å². The third kappa shape index (κ3) is 6.88. The summed E-state index contributed by atoms with van der Waals surface area (Å²) >= 11 is -1.12. The van der Waals surface area contributed by atoms with Gasteiger partial charge in [-0.05, 0) is 64.6 Å². The summed E-state index contributed by atoms with van der Waals surface area (Å²) in [5.41, 5.74) is 4.40. The van der Waals surface area contributed by atoms with Gasteiger partial charge in [0.15, 0.2) is 4.90 Å². The number of carboxylic acids is 1. The Hall–Kier alpha value is -3.87. The third-order valence-corrected chi connectivity index (χ3v) is 7.73. The maximum atomic E-state index is 13.1. The summed E-state index contributed by atoms with van der Waals surface area (Å²) in [6, 6.07) is 31.7. The van der Waals surface area contributed by atoms with Crippen LogP contribution >= 0.6 is 0 Å². The average Bonchev–Trinajstić information content (AvgIpc) is 2.93. The van der Waals surface area contributed by atoms with E-state index in [1.165, 1.54) is 0 Å². The zero-order valence-corrected chi connectivity index (χ0v) is 21.4. The van der Waals surface area contributed by atoms with Crippen LogP contribution in [0.4, 0.5) is 5.69 Å². The molecule has 0 radical (unpaired) electrons. The molecule has 188 valence electrons. The van der Waals surface area contributed by atoms with Crippen molar-refractivity contribution >= 4 is 28.7 Å². The van der Waals surface area contributed by atoms with Gasteiger partial charge >= 0.3 is 5.97 Å². The molecule has 4 aromatic carbocycles. The Morgan fingerprint density at radius 1 is 0.838 bits per heavy atom. The SMILES string of the molecule is CC(C(=O)Nc1ccccc1Cc1ccccc1C(=O)O)c1ccc([S+]([O-])CCc2ccccc2)cc1. The van der Waals surface area contributed by atoms with E-state index in [1.807, 2.05) is 91.9 Å². The molecule has 0 bridgehead atoms. The second kappa shape index (κ2) is 12.4. The number of carbonyl (C=O) groups excluding carboxylic acids is 1. The van der Waals surface area contributed by atoms with Gasteiger partial charge in [0.25, 0.3) is 0 Å². The van der Waals surface area contributed by atoms with Gasteiger partial charge in [-0.25, -0.2) is 4.79 Å². The summed E-state index contributed by atoms with van der Waals surface area (Å²) in [6.07, 6.45) is 1.13. The first kappa shape index (κ1) is 26.2. The Morgan fingerprint density at radius 2 is 1.46 bits per heavy atom. The van der Waals surface area contributed by atoms with E-state index in [9.17, 15) is 19.2 Å². The number of hydrogen-bond acceptors (Lipinski definition) is 3. The molecule has 1 amide bonds. The molecule has 4 rings (SSSR count). The van der Waals surface area contributed by atoms with E-state index in [-0.39, 0.29) is 11.5 Å². The zero-order chi connectivity index (χ0) is 26.2. The second-order valence-electron chi connectivity index (χ2n) is 8.86. The number of anilines is 1. The van der Waals surface area contributed by atoms with Crippen LogP contribution in [0.2, 0.25) is 0 Å². The molecular weight excluding hydrogens is 482 g/mol. The molecule has 6 heteroatoms. The minimum atomic E-state index is -1.12. The highest BCUT2D eigenvalue weighted by Crippen LogP contribution is 2.25. The topological polar surface area (TPSA) is 89.5 Å². The van der Waals surface area contributed by atoms with E-state index >= 15 is 0 Å². The Kier molecular flexibility index (Phi) is 8.77. The van der Waals surface area contributed by atoms with Crippen molar-refractivity contribution in [1.29, 1.82) is 0 Å². The third-order valence-electron chi connectivity index (χ3n) is 6.36. The van der Waals surface area contributed by atoms with Gasteiger partial charge in [0.2, 0.25) is 5.91 Å². The highest BCUT2D eigenvalue weighted by Gasteiger charge is 2.19. The molecule has 0 aliphatic rings. The highest BCUT2D eigenvalue weighted by atomic mass is 32.2. The Labute approximate surface area is 220 Å². The van der Waals surface area contributed by atoms with E-state index in [1.54, 1.807) is 18.2 Å². The fourth-order valence-corrected chi connectivity index (χ4v) is 5.25. The van der Waals surface area contributed by atoms with Gasteiger partial charge in [-0.2, -0.15) is 0 Å². The Morgan fingerprint density at radius 3 is 2.16 bits per heavy atom. The first-order valence-electron chi connectivity index (χ1n) is 12.1. The first-order valence-corrected chi connectivity index (χ1v) is 13.5. The molecule has 2 N–H and O–H groups in total. The van der Waals surface area contributed by atoms with Gasteiger partial charge in [-0.15, -0.1) is 0 Å². The minimum Gasteiger partial charge on any atom is -0.611 e. The number of aryl methyl sites for hydroxylation is 1. The first-order chi connectivity index (χ1) is 17.9. The molecule has 37 heavy (non-hydrogen) atoms. The van der Waals surface area contributed by atoms with Crippen molar-refractivity contribution < 1.29 is 19.2 Å². The number of nitrogens with one attached hydrogen (secondary N) is 1. The van der Waals surface area contributed by atoms with Crippen molar-refractivity contribution in [3.63, 3.8) is 0 Å². The molecule has 0 aromatic heterocycles. The minimum absolute atomic E-state index is 0.170. The van der Waals surface area contributed by atoms with E-state index in [4.69, 9.17) is 0 Å². The molecular formula is C31H29NO4S. The predicted octanol–water partition coefficient (Wildman–Crippen LogP) is 6.07. The van der Waals surface area contributed by atoms with Gasteiger partial charge in [-0.3, -0.25) is 4.79 Å². The highest BCUT2D eigenvalue weighted by molar-refractivity contribution is 7.91. The number of rotatable bonds is 10. The zero-order valence-electron chi connectivity index (χ0n) is 20.6. The number of amides is 1. The maximum Gasteiger partial charge on any atom is 0.335 e. The lowest BCUT2D eigenvalue weighted by Crippen LogP contribution is -2.20. The fraction of sp³-hybridized carbons (Fsp3) is 0.161. The van der Waals surface area contributed by atoms with Gasteiger partial charge < -0.3 is 15.0 Å². The lowest BCUT2D eigenvalue weighted by Gasteiger charge is -2.17. The molecule has 0 spiro atoms. The van der Waals surface area contributed by atoms with Crippen LogP contribution in [0.15, 0.2) is 108 Å².